The lowest BCUT2D eigenvalue weighted by Gasteiger charge is -2.09. The van der Waals surface area contributed by atoms with Crippen LogP contribution in [0.3, 0.4) is 0 Å². The van der Waals surface area contributed by atoms with Crippen LogP contribution in [0.4, 0.5) is 0 Å². The van der Waals surface area contributed by atoms with E-state index in [2.05, 4.69) is 0 Å². The normalized spacial score (nSPS) is 12.9. The number of rotatable bonds is 7. The summed E-state index contributed by atoms with van der Waals surface area (Å²) in [6, 6.07) is 0. The van der Waals surface area contributed by atoms with E-state index >= 15 is 0 Å². The van der Waals surface area contributed by atoms with Crippen LogP contribution in [0.2, 0.25) is 0 Å². The van der Waals surface area contributed by atoms with Crippen molar-refractivity contribution in [3.8, 4) is 0 Å². The highest BCUT2D eigenvalue weighted by Crippen LogP contribution is 2.00. The maximum Gasteiger partial charge on any atom is 0.213 e. The third kappa shape index (κ3) is 6.12. The Morgan fingerprint density at radius 1 is 1.29 bits per heavy atom. The summed E-state index contributed by atoms with van der Waals surface area (Å²) in [6.45, 7) is 0.584. The van der Waals surface area contributed by atoms with E-state index in [1.54, 1.807) is 21.2 Å². The molecule has 0 aliphatic heterocycles. The monoisotopic (exact) mass is 221 g/mol. The summed E-state index contributed by atoms with van der Waals surface area (Å²) in [5.74, 6) is 0.206. The van der Waals surface area contributed by atoms with Gasteiger partial charge in [-0.2, -0.15) is 0 Å². The van der Waals surface area contributed by atoms with Crippen molar-refractivity contribution in [1.29, 1.82) is 0 Å². The van der Waals surface area contributed by atoms with E-state index < -0.39 is 10.0 Å². The lowest BCUT2D eigenvalue weighted by atomic mass is 10.3. The van der Waals surface area contributed by atoms with Gasteiger partial charge in [-0.25, -0.2) is 12.7 Å². The molecule has 84 valence electrons. The number of ether oxygens (including phenoxy) is 1. The van der Waals surface area contributed by atoms with Gasteiger partial charge in [-0.3, -0.25) is 0 Å². The van der Waals surface area contributed by atoms with Crippen molar-refractivity contribution >= 4 is 10.0 Å². The van der Waals surface area contributed by atoms with Gasteiger partial charge in [-0.1, -0.05) is 12.2 Å². The minimum atomic E-state index is -3.02. The number of hydrogen-bond donors (Lipinski definition) is 0. The molecule has 0 radical (unpaired) electrons. The molecule has 0 unspecified atom stereocenters. The molecule has 0 aromatic rings. The molecule has 0 bridgehead atoms. The largest absolute Gasteiger partial charge is 0.381 e. The molecule has 0 rings (SSSR count). The molecule has 0 saturated carbocycles. The quantitative estimate of drug-likeness (QED) is 0.473. The summed E-state index contributed by atoms with van der Waals surface area (Å²) in [5.41, 5.74) is 0. The molecule has 0 aromatic carbocycles. The van der Waals surface area contributed by atoms with Crippen molar-refractivity contribution in [2.24, 2.45) is 0 Å². The zero-order valence-corrected chi connectivity index (χ0v) is 9.88. The maximum atomic E-state index is 11.3. The van der Waals surface area contributed by atoms with Crippen LogP contribution < -0.4 is 0 Å². The summed E-state index contributed by atoms with van der Waals surface area (Å²) in [7, 11) is 1.71. The number of nitrogens with zero attached hydrogens (tertiary/aromatic N) is 1. The molecule has 5 heteroatoms. The molecule has 14 heavy (non-hydrogen) atoms. The predicted octanol–water partition coefficient (Wildman–Crippen LogP) is 0.861. The number of allylic oxidation sites excluding steroid dienone is 1. The minimum Gasteiger partial charge on any atom is -0.381 e. The van der Waals surface area contributed by atoms with Gasteiger partial charge in [-0.15, -0.1) is 0 Å². The van der Waals surface area contributed by atoms with Gasteiger partial charge in [0, 0.05) is 21.2 Å². The molecule has 0 aliphatic carbocycles. The second kappa shape index (κ2) is 6.98. The maximum absolute atomic E-state index is 11.3. The fourth-order valence-corrected chi connectivity index (χ4v) is 1.74. The van der Waals surface area contributed by atoms with Crippen LogP contribution >= 0.6 is 0 Å². The molecule has 0 N–H and O–H groups in total. The van der Waals surface area contributed by atoms with Gasteiger partial charge >= 0.3 is 0 Å². The molecule has 0 saturated heterocycles. The summed E-state index contributed by atoms with van der Waals surface area (Å²) < 4.78 is 28.7. The Hall–Kier alpha value is -0.390. The van der Waals surface area contributed by atoms with Crippen molar-refractivity contribution in [2.75, 3.05) is 33.6 Å². The standard InChI is InChI=1S/C9H19NO3S/c1-10(2)14(11,12)9-7-5-4-6-8-13-3/h4,6H,5,7-9H2,1-3H3/b6-4-. The van der Waals surface area contributed by atoms with Crippen LogP contribution in [0.15, 0.2) is 12.2 Å². The summed E-state index contributed by atoms with van der Waals surface area (Å²) in [4.78, 5) is 0. The minimum absolute atomic E-state index is 0.206. The molecule has 0 aliphatic rings. The van der Waals surface area contributed by atoms with Gasteiger partial charge in [0.2, 0.25) is 10.0 Å². The average Bonchev–Trinajstić information content (AvgIpc) is 2.10. The third-order valence-corrected chi connectivity index (χ3v) is 3.68. The molecule has 0 aromatic heterocycles. The lowest BCUT2D eigenvalue weighted by Crippen LogP contribution is -2.24. The first-order valence-electron chi connectivity index (χ1n) is 4.55. The first kappa shape index (κ1) is 13.6. The lowest BCUT2D eigenvalue weighted by molar-refractivity contribution is 0.233. The second-order valence-electron chi connectivity index (χ2n) is 3.17. The van der Waals surface area contributed by atoms with E-state index in [4.69, 9.17) is 4.74 Å². The van der Waals surface area contributed by atoms with Crippen LogP contribution in [0.1, 0.15) is 12.8 Å². The Bertz CT molecular complexity index is 257. The van der Waals surface area contributed by atoms with Crippen molar-refractivity contribution in [1.82, 2.24) is 4.31 Å². The van der Waals surface area contributed by atoms with E-state index in [9.17, 15) is 8.42 Å². The number of unbranched alkanes of at least 4 members (excludes halogenated alkanes) is 1. The van der Waals surface area contributed by atoms with E-state index in [1.807, 2.05) is 12.2 Å². The molecular weight excluding hydrogens is 202 g/mol. The summed E-state index contributed by atoms with van der Waals surface area (Å²) in [6.07, 6.45) is 5.26. The van der Waals surface area contributed by atoms with Crippen molar-refractivity contribution in [2.45, 2.75) is 12.8 Å². The van der Waals surface area contributed by atoms with Gasteiger partial charge in [-0.05, 0) is 12.8 Å². The molecule has 0 fully saturated rings. The molecule has 0 heterocycles. The van der Waals surface area contributed by atoms with E-state index in [0.717, 1.165) is 6.42 Å². The van der Waals surface area contributed by atoms with E-state index in [0.29, 0.717) is 13.0 Å². The zero-order chi connectivity index (χ0) is 11.0. The number of sulfonamides is 1. The fourth-order valence-electron chi connectivity index (χ4n) is 0.848. The van der Waals surface area contributed by atoms with Crippen LogP contribution in [0.25, 0.3) is 0 Å². The highest BCUT2D eigenvalue weighted by Gasteiger charge is 2.11. The van der Waals surface area contributed by atoms with Crippen LogP contribution in [-0.2, 0) is 14.8 Å². The van der Waals surface area contributed by atoms with Crippen LogP contribution in [0, 0.1) is 0 Å². The molecule has 0 spiro atoms. The second-order valence-corrected chi connectivity index (χ2v) is 5.47. The Morgan fingerprint density at radius 3 is 2.43 bits per heavy atom. The fraction of sp³-hybridized carbons (Fsp3) is 0.778. The summed E-state index contributed by atoms with van der Waals surface area (Å²) in [5, 5.41) is 0. The topological polar surface area (TPSA) is 46.6 Å². The van der Waals surface area contributed by atoms with Gasteiger partial charge in [0.15, 0.2) is 0 Å². The first-order valence-corrected chi connectivity index (χ1v) is 6.15. The Labute approximate surface area is 86.6 Å². The smallest absolute Gasteiger partial charge is 0.213 e. The first-order chi connectivity index (χ1) is 6.50. The SMILES string of the molecule is COC/C=C\CCCS(=O)(=O)N(C)C. The van der Waals surface area contributed by atoms with Gasteiger partial charge in [0.1, 0.15) is 0 Å². The van der Waals surface area contributed by atoms with Crippen molar-refractivity contribution in [3.63, 3.8) is 0 Å². The van der Waals surface area contributed by atoms with Crippen LogP contribution in [0.5, 0.6) is 0 Å². The number of methoxy groups -OCH3 is 1. The van der Waals surface area contributed by atoms with Crippen LogP contribution in [-0.4, -0.2) is 46.3 Å². The van der Waals surface area contributed by atoms with Crippen molar-refractivity contribution < 1.29 is 13.2 Å². The molecular formula is C9H19NO3S. The third-order valence-electron chi connectivity index (χ3n) is 1.76. The average molecular weight is 221 g/mol. The van der Waals surface area contributed by atoms with E-state index in [-0.39, 0.29) is 5.75 Å². The van der Waals surface area contributed by atoms with Gasteiger partial charge < -0.3 is 4.74 Å². The zero-order valence-electron chi connectivity index (χ0n) is 9.06. The highest BCUT2D eigenvalue weighted by atomic mass is 32.2. The van der Waals surface area contributed by atoms with Crippen molar-refractivity contribution in [3.05, 3.63) is 12.2 Å². The molecule has 0 atom stereocenters. The predicted molar refractivity (Wildman–Crippen MR) is 57.7 cm³/mol. The Morgan fingerprint density at radius 2 is 1.93 bits per heavy atom. The van der Waals surface area contributed by atoms with Gasteiger partial charge in [0.05, 0.1) is 12.4 Å². The molecule has 4 nitrogen and oxygen atoms in total. The highest BCUT2D eigenvalue weighted by molar-refractivity contribution is 7.89. The Balaban J connectivity index is 3.65. The molecule has 0 amide bonds. The van der Waals surface area contributed by atoms with Gasteiger partial charge in [0.25, 0.3) is 0 Å². The summed E-state index contributed by atoms with van der Waals surface area (Å²) >= 11 is 0. The van der Waals surface area contributed by atoms with E-state index in [1.165, 1.54) is 4.31 Å². The number of hydrogen-bond acceptors (Lipinski definition) is 3. The Kier molecular flexibility index (Phi) is 6.78.